The van der Waals surface area contributed by atoms with Gasteiger partial charge >= 0.3 is 0 Å². The molecule has 78 valence electrons. The molecule has 0 amide bonds. The maximum absolute atomic E-state index is 2.25. The minimum absolute atomic E-state index is 1.24. The van der Waals surface area contributed by atoms with E-state index in [2.05, 4.69) is 49.0 Å². The second-order valence-corrected chi connectivity index (χ2v) is 4.78. The summed E-state index contributed by atoms with van der Waals surface area (Å²) >= 11 is 2.10. The van der Waals surface area contributed by atoms with E-state index in [0.717, 1.165) is 0 Å². The second-order valence-electron chi connectivity index (χ2n) is 3.56. The zero-order valence-electron chi connectivity index (χ0n) is 9.04. The number of benzene rings is 1. The second kappa shape index (κ2) is 7.93. The van der Waals surface area contributed by atoms with Gasteiger partial charge in [-0.05, 0) is 36.3 Å². The molecule has 1 heteroatoms. The maximum atomic E-state index is 2.25. The number of hydrogen-bond acceptors (Lipinski definition) is 1. The van der Waals surface area contributed by atoms with E-state index in [9.17, 15) is 0 Å². The molecule has 0 unspecified atom stereocenters. The molecule has 0 bridgehead atoms. The molecule has 0 aliphatic heterocycles. The normalized spacial score (nSPS) is 10.4. The van der Waals surface area contributed by atoms with Crippen LogP contribution in [0.3, 0.4) is 0 Å². The van der Waals surface area contributed by atoms with E-state index < -0.39 is 0 Å². The average molecular weight is 208 g/mol. The quantitative estimate of drug-likeness (QED) is 0.606. The maximum Gasteiger partial charge on any atom is -0.00644 e. The predicted octanol–water partition coefficient (Wildman–Crippen LogP) is 4.15. The number of thioether (sulfide) groups is 1. The van der Waals surface area contributed by atoms with Crippen molar-refractivity contribution in [2.75, 3.05) is 11.5 Å². The third kappa shape index (κ3) is 5.33. The first-order valence-electron chi connectivity index (χ1n) is 5.55. The summed E-state index contributed by atoms with van der Waals surface area (Å²) in [5.74, 6) is 2.65. The first-order valence-corrected chi connectivity index (χ1v) is 6.70. The van der Waals surface area contributed by atoms with Crippen molar-refractivity contribution in [2.45, 2.75) is 32.6 Å². The summed E-state index contributed by atoms with van der Waals surface area (Å²) in [5, 5.41) is 0. The van der Waals surface area contributed by atoms with Crippen molar-refractivity contribution in [3.8, 4) is 0 Å². The first kappa shape index (κ1) is 11.6. The summed E-state index contributed by atoms with van der Waals surface area (Å²) < 4.78 is 0. The molecule has 0 aliphatic carbocycles. The van der Waals surface area contributed by atoms with Gasteiger partial charge in [0.1, 0.15) is 0 Å². The lowest BCUT2D eigenvalue weighted by Gasteiger charge is -2.01. The fourth-order valence-corrected chi connectivity index (χ4v) is 2.42. The number of aryl methyl sites for hydroxylation is 1. The number of unbranched alkanes of at least 4 members (excludes halogenated alkanes) is 1. The molecular weight excluding hydrogens is 188 g/mol. The minimum Gasteiger partial charge on any atom is -0.162 e. The number of rotatable bonds is 7. The third-order valence-corrected chi connectivity index (χ3v) is 3.39. The topological polar surface area (TPSA) is 0 Å². The average Bonchev–Trinajstić information content (AvgIpc) is 2.25. The van der Waals surface area contributed by atoms with Crippen molar-refractivity contribution < 1.29 is 0 Å². The molecule has 14 heavy (non-hydrogen) atoms. The highest BCUT2D eigenvalue weighted by atomic mass is 32.2. The standard InChI is InChI=1S/C13H20S/c1-2-3-11-14-12-7-10-13-8-5-4-6-9-13/h4-6,8-9H,2-3,7,10-12H2,1H3. The minimum atomic E-state index is 1.24. The van der Waals surface area contributed by atoms with Crippen LogP contribution in [-0.4, -0.2) is 11.5 Å². The Bertz CT molecular complexity index is 218. The highest BCUT2D eigenvalue weighted by molar-refractivity contribution is 7.99. The zero-order chi connectivity index (χ0) is 10.1. The van der Waals surface area contributed by atoms with Crippen molar-refractivity contribution in [1.29, 1.82) is 0 Å². The molecule has 0 N–H and O–H groups in total. The molecule has 0 heterocycles. The van der Waals surface area contributed by atoms with Gasteiger partial charge in [0.2, 0.25) is 0 Å². The highest BCUT2D eigenvalue weighted by Crippen LogP contribution is 2.09. The summed E-state index contributed by atoms with van der Waals surface area (Å²) in [4.78, 5) is 0. The van der Waals surface area contributed by atoms with E-state index in [4.69, 9.17) is 0 Å². The van der Waals surface area contributed by atoms with Crippen LogP contribution in [0.15, 0.2) is 30.3 Å². The summed E-state index contributed by atoms with van der Waals surface area (Å²) in [6.07, 6.45) is 5.25. The van der Waals surface area contributed by atoms with Gasteiger partial charge in [0.25, 0.3) is 0 Å². The molecule has 0 atom stereocenters. The SMILES string of the molecule is CCCCSCCCc1ccccc1. The van der Waals surface area contributed by atoms with Crippen molar-refractivity contribution >= 4 is 11.8 Å². The van der Waals surface area contributed by atoms with Gasteiger partial charge in [0.15, 0.2) is 0 Å². The molecule has 0 radical (unpaired) electrons. The van der Waals surface area contributed by atoms with E-state index in [1.165, 1.54) is 42.8 Å². The van der Waals surface area contributed by atoms with E-state index >= 15 is 0 Å². The van der Waals surface area contributed by atoms with Gasteiger partial charge in [0, 0.05) is 0 Å². The monoisotopic (exact) mass is 208 g/mol. The molecule has 0 fully saturated rings. The molecule has 0 nitrogen and oxygen atoms in total. The van der Waals surface area contributed by atoms with Crippen LogP contribution in [0, 0.1) is 0 Å². The van der Waals surface area contributed by atoms with Crippen molar-refractivity contribution in [2.24, 2.45) is 0 Å². The van der Waals surface area contributed by atoms with Crippen LogP contribution >= 0.6 is 11.8 Å². The Morgan fingerprint density at radius 2 is 1.71 bits per heavy atom. The Hall–Kier alpha value is -0.430. The van der Waals surface area contributed by atoms with E-state index in [0.29, 0.717) is 0 Å². The molecule has 0 saturated heterocycles. The van der Waals surface area contributed by atoms with Gasteiger partial charge in [-0.2, -0.15) is 11.8 Å². The highest BCUT2D eigenvalue weighted by Gasteiger charge is 1.92. The molecule has 0 spiro atoms. The van der Waals surface area contributed by atoms with Crippen LogP contribution in [0.5, 0.6) is 0 Å². The molecule has 1 aromatic rings. The Balaban J connectivity index is 1.99. The molecule has 1 aromatic carbocycles. The summed E-state index contributed by atoms with van der Waals surface area (Å²) in [6.45, 7) is 2.25. The lowest BCUT2D eigenvalue weighted by atomic mass is 10.1. The molecule has 0 saturated carbocycles. The summed E-state index contributed by atoms with van der Waals surface area (Å²) in [6, 6.07) is 10.8. The van der Waals surface area contributed by atoms with Gasteiger partial charge in [0.05, 0.1) is 0 Å². The molecule has 0 aliphatic rings. The van der Waals surface area contributed by atoms with Crippen LogP contribution < -0.4 is 0 Å². The van der Waals surface area contributed by atoms with Crippen LogP contribution in [0.4, 0.5) is 0 Å². The Morgan fingerprint density at radius 1 is 1.00 bits per heavy atom. The largest absolute Gasteiger partial charge is 0.162 e. The Kier molecular flexibility index (Phi) is 6.59. The first-order chi connectivity index (χ1) is 6.93. The molecule has 1 rings (SSSR count). The zero-order valence-corrected chi connectivity index (χ0v) is 9.85. The summed E-state index contributed by atoms with van der Waals surface area (Å²) in [7, 11) is 0. The van der Waals surface area contributed by atoms with Crippen LogP contribution in [0.25, 0.3) is 0 Å². The fraction of sp³-hybridized carbons (Fsp3) is 0.538. The van der Waals surface area contributed by atoms with Gasteiger partial charge < -0.3 is 0 Å². The van der Waals surface area contributed by atoms with Crippen LogP contribution in [-0.2, 0) is 6.42 Å². The van der Waals surface area contributed by atoms with Gasteiger partial charge in [-0.3, -0.25) is 0 Å². The van der Waals surface area contributed by atoms with Gasteiger partial charge in [-0.25, -0.2) is 0 Å². The third-order valence-electron chi connectivity index (χ3n) is 2.24. The van der Waals surface area contributed by atoms with Crippen molar-refractivity contribution in [3.63, 3.8) is 0 Å². The van der Waals surface area contributed by atoms with Gasteiger partial charge in [-0.15, -0.1) is 0 Å². The van der Waals surface area contributed by atoms with E-state index in [-0.39, 0.29) is 0 Å². The van der Waals surface area contributed by atoms with Crippen molar-refractivity contribution in [3.05, 3.63) is 35.9 Å². The van der Waals surface area contributed by atoms with E-state index in [1.54, 1.807) is 0 Å². The fourth-order valence-electron chi connectivity index (χ4n) is 1.37. The molecular formula is C13H20S. The summed E-state index contributed by atoms with van der Waals surface area (Å²) in [5.41, 5.74) is 1.48. The lowest BCUT2D eigenvalue weighted by Crippen LogP contribution is -1.88. The van der Waals surface area contributed by atoms with Crippen LogP contribution in [0.2, 0.25) is 0 Å². The van der Waals surface area contributed by atoms with E-state index in [1.807, 2.05) is 0 Å². The van der Waals surface area contributed by atoms with Crippen molar-refractivity contribution in [1.82, 2.24) is 0 Å². The number of hydrogen-bond donors (Lipinski definition) is 0. The Morgan fingerprint density at radius 3 is 2.43 bits per heavy atom. The lowest BCUT2D eigenvalue weighted by molar-refractivity contribution is 0.889. The van der Waals surface area contributed by atoms with Gasteiger partial charge in [-0.1, -0.05) is 43.7 Å². The Labute approximate surface area is 92.1 Å². The predicted molar refractivity (Wildman–Crippen MR) is 67.0 cm³/mol. The van der Waals surface area contributed by atoms with Crippen LogP contribution in [0.1, 0.15) is 31.7 Å². The smallest absolute Gasteiger partial charge is 0.00644 e. The molecule has 0 aromatic heterocycles.